The van der Waals surface area contributed by atoms with Gasteiger partial charge in [-0.25, -0.2) is 0 Å². The van der Waals surface area contributed by atoms with E-state index in [4.69, 9.17) is 15.0 Å². The predicted molar refractivity (Wildman–Crippen MR) is 71.6 cm³/mol. The molecule has 0 spiro atoms. The molecule has 0 amide bonds. The summed E-state index contributed by atoms with van der Waals surface area (Å²) < 4.78 is 10.3. The first kappa shape index (κ1) is 12.5. The van der Waals surface area contributed by atoms with Gasteiger partial charge in [0.05, 0.1) is 18.9 Å². The average Bonchev–Trinajstić information content (AvgIpc) is 2.73. The number of hydrogen-bond acceptors (Lipinski definition) is 4. The fraction of sp³-hybridized carbons (Fsp3) is 0.357. The van der Waals surface area contributed by atoms with Crippen LogP contribution in [-0.2, 0) is 5.41 Å². The maximum Gasteiger partial charge on any atom is 0.230 e. The van der Waals surface area contributed by atoms with Crippen LogP contribution in [0.5, 0.6) is 5.75 Å². The summed E-state index contributed by atoms with van der Waals surface area (Å²) in [6.45, 7) is 6.49. The lowest BCUT2D eigenvalue weighted by Crippen LogP contribution is -2.11. The lowest BCUT2D eigenvalue weighted by atomic mass is 9.85. The molecule has 2 rings (SSSR count). The van der Waals surface area contributed by atoms with Gasteiger partial charge < -0.3 is 15.0 Å². The van der Waals surface area contributed by atoms with Crippen molar-refractivity contribution in [3.63, 3.8) is 0 Å². The Morgan fingerprint density at radius 2 is 1.94 bits per heavy atom. The van der Waals surface area contributed by atoms with E-state index in [0.717, 1.165) is 16.9 Å². The van der Waals surface area contributed by atoms with Crippen LogP contribution < -0.4 is 10.5 Å². The zero-order chi connectivity index (χ0) is 13.3. The molecule has 96 valence electrons. The third-order valence-corrected chi connectivity index (χ3v) is 2.95. The molecule has 0 fully saturated rings. The SMILES string of the molecule is COc1ccc(C(C)(C)C)cc1-c1cnoc1N. The predicted octanol–water partition coefficient (Wildman–Crippen LogP) is 3.23. The zero-order valence-corrected chi connectivity index (χ0v) is 11.2. The topological polar surface area (TPSA) is 61.3 Å². The molecule has 1 aromatic carbocycles. The fourth-order valence-electron chi connectivity index (χ4n) is 1.84. The molecule has 2 N–H and O–H groups in total. The quantitative estimate of drug-likeness (QED) is 0.883. The van der Waals surface area contributed by atoms with E-state index >= 15 is 0 Å². The van der Waals surface area contributed by atoms with Crippen molar-refractivity contribution in [3.8, 4) is 16.9 Å². The second kappa shape index (κ2) is 4.37. The van der Waals surface area contributed by atoms with E-state index in [1.54, 1.807) is 13.3 Å². The maximum atomic E-state index is 5.77. The molecule has 0 unspecified atom stereocenters. The summed E-state index contributed by atoms with van der Waals surface area (Å²) in [6, 6.07) is 6.08. The molecule has 0 bridgehead atoms. The standard InChI is InChI=1S/C14H18N2O2/c1-14(2,3)9-5-6-12(17-4)10(7-9)11-8-16-18-13(11)15/h5-8H,15H2,1-4H3. The summed E-state index contributed by atoms with van der Waals surface area (Å²) in [5.74, 6) is 1.07. The van der Waals surface area contributed by atoms with Crippen LogP contribution in [0, 0.1) is 0 Å². The minimum Gasteiger partial charge on any atom is -0.496 e. The van der Waals surface area contributed by atoms with Crippen LogP contribution in [-0.4, -0.2) is 12.3 Å². The van der Waals surface area contributed by atoms with Crippen molar-refractivity contribution in [3.05, 3.63) is 30.0 Å². The number of hydrogen-bond donors (Lipinski definition) is 1. The Labute approximate surface area is 107 Å². The van der Waals surface area contributed by atoms with Crippen molar-refractivity contribution in [1.29, 1.82) is 0 Å². The number of benzene rings is 1. The highest BCUT2D eigenvalue weighted by atomic mass is 16.5. The normalized spacial score (nSPS) is 11.6. The van der Waals surface area contributed by atoms with Crippen molar-refractivity contribution in [1.82, 2.24) is 5.16 Å². The summed E-state index contributed by atoms with van der Waals surface area (Å²) in [7, 11) is 1.64. The first-order chi connectivity index (χ1) is 8.43. The highest BCUT2D eigenvalue weighted by Crippen LogP contribution is 2.37. The van der Waals surface area contributed by atoms with Crippen LogP contribution in [0.3, 0.4) is 0 Å². The third-order valence-electron chi connectivity index (χ3n) is 2.95. The van der Waals surface area contributed by atoms with Crippen LogP contribution in [0.1, 0.15) is 26.3 Å². The minimum absolute atomic E-state index is 0.0624. The number of nitrogen functional groups attached to an aromatic ring is 1. The van der Waals surface area contributed by atoms with Gasteiger partial charge >= 0.3 is 0 Å². The van der Waals surface area contributed by atoms with E-state index in [-0.39, 0.29) is 5.41 Å². The van der Waals surface area contributed by atoms with E-state index in [9.17, 15) is 0 Å². The van der Waals surface area contributed by atoms with Crippen molar-refractivity contribution in [2.75, 3.05) is 12.8 Å². The van der Waals surface area contributed by atoms with Crippen LogP contribution >= 0.6 is 0 Å². The van der Waals surface area contributed by atoms with Crippen molar-refractivity contribution < 1.29 is 9.26 Å². The second-order valence-corrected chi connectivity index (χ2v) is 5.27. The first-order valence-electron chi connectivity index (χ1n) is 5.82. The number of nitrogens with zero attached hydrogens (tertiary/aromatic N) is 1. The largest absolute Gasteiger partial charge is 0.496 e. The molecule has 2 aromatic rings. The Kier molecular flexibility index (Phi) is 3.03. The highest BCUT2D eigenvalue weighted by Gasteiger charge is 2.18. The Morgan fingerprint density at radius 3 is 2.44 bits per heavy atom. The minimum atomic E-state index is 0.0624. The van der Waals surface area contributed by atoms with Gasteiger partial charge in [-0.3, -0.25) is 0 Å². The Morgan fingerprint density at radius 1 is 1.22 bits per heavy atom. The number of anilines is 1. The highest BCUT2D eigenvalue weighted by molar-refractivity contribution is 5.77. The number of ether oxygens (including phenoxy) is 1. The van der Waals surface area contributed by atoms with Gasteiger partial charge in [0.25, 0.3) is 0 Å². The van der Waals surface area contributed by atoms with Crippen molar-refractivity contribution in [2.24, 2.45) is 0 Å². The molecule has 0 saturated heterocycles. The smallest absolute Gasteiger partial charge is 0.230 e. The Balaban J connectivity index is 2.61. The summed E-state index contributed by atoms with van der Waals surface area (Å²) in [4.78, 5) is 0. The van der Waals surface area contributed by atoms with Gasteiger partial charge in [0, 0.05) is 5.56 Å². The van der Waals surface area contributed by atoms with Gasteiger partial charge in [0.2, 0.25) is 5.88 Å². The van der Waals surface area contributed by atoms with Crippen LogP contribution in [0.2, 0.25) is 0 Å². The summed E-state index contributed by atoms with van der Waals surface area (Å²) >= 11 is 0. The number of nitrogens with two attached hydrogens (primary N) is 1. The fourth-order valence-corrected chi connectivity index (χ4v) is 1.84. The van der Waals surface area contributed by atoms with E-state index in [1.165, 1.54) is 5.56 Å². The summed E-state index contributed by atoms with van der Waals surface area (Å²) in [5, 5.41) is 3.71. The molecule has 1 heterocycles. The zero-order valence-electron chi connectivity index (χ0n) is 11.2. The average molecular weight is 246 g/mol. The van der Waals surface area contributed by atoms with Gasteiger partial charge in [-0.1, -0.05) is 32.0 Å². The lowest BCUT2D eigenvalue weighted by molar-refractivity contribution is 0.415. The number of methoxy groups -OCH3 is 1. The van der Waals surface area contributed by atoms with Gasteiger partial charge in [0.15, 0.2) is 0 Å². The van der Waals surface area contributed by atoms with Crippen LogP contribution in [0.4, 0.5) is 5.88 Å². The van der Waals surface area contributed by atoms with Crippen LogP contribution in [0.25, 0.3) is 11.1 Å². The van der Waals surface area contributed by atoms with Crippen LogP contribution in [0.15, 0.2) is 28.9 Å². The second-order valence-electron chi connectivity index (χ2n) is 5.27. The van der Waals surface area contributed by atoms with E-state index in [1.807, 2.05) is 6.07 Å². The first-order valence-corrected chi connectivity index (χ1v) is 5.82. The van der Waals surface area contributed by atoms with E-state index < -0.39 is 0 Å². The lowest BCUT2D eigenvalue weighted by Gasteiger charge is -2.20. The van der Waals surface area contributed by atoms with E-state index in [2.05, 4.69) is 38.1 Å². The van der Waals surface area contributed by atoms with Gasteiger partial charge in [-0.2, -0.15) is 0 Å². The van der Waals surface area contributed by atoms with Crippen molar-refractivity contribution in [2.45, 2.75) is 26.2 Å². The molecule has 1 aromatic heterocycles. The summed E-state index contributed by atoms with van der Waals surface area (Å²) in [6.07, 6.45) is 1.61. The summed E-state index contributed by atoms with van der Waals surface area (Å²) in [5.41, 5.74) is 8.71. The van der Waals surface area contributed by atoms with Gasteiger partial charge in [-0.15, -0.1) is 0 Å². The molecular weight excluding hydrogens is 228 g/mol. The number of rotatable bonds is 2. The molecule has 0 aliphatic heterocycles. The Hall–Kier alpha value is -1.97. The molecule has 0 saturated carbocycles. The van der Waals surface area contributed by atoms with Crippen molar-refractivity contribution >= 4 is 5.88 Å². The van der Waals surface area contributed by atoms with E-state index in [0.29, 0.717) is 5.88 Å². The molecular formula is C14H18N2O2. The molecule has 4 heteroatoms. The maximum absolute atomic E-state index is 5.77. The molecule has 4 nitrogen and oxygen atoms in total. The molecule has 0 aliphatic rings. The Bertz CT molecular complexity index is 553. The van der Waals surface area contributed by atoms with Gasteiger partial charge in [-0.05, 0) is 23.1 Å². The van der Waals surface area contributed by atoms with Gasteiger partial charge in [0.1, 0.15) is 5.75 Å². The molecule has 0 aliphatic carbocycles. The third kappa shape index (κ3) is 2.18. The number of aromatic nitrogens is 1. The molecule has 18 heavy (non-hydrogen) atoms. The molecule has 0 radical (unpaired) electrons. The monoisotopic (exact) mass is 246 g/mol. The molecule has 0 atom stereocenters.